The van der Waals surface area contributed by atoms with Crippen LogP contribution >= 0.6 is 0 Å². The van der Waals surface area contributed by atoms with Gasteiger partial charge in [-0.05, 0) is 45.6 Å². The van der Waals surface area contributed by atoms with E-state index in [2.05, 4.69) is 36.2 Å². The first-order valence-electron chi connectivity index (χ1n) is 7.45. The third-order valence-electron chi connectivity index (χ3n) is 4.41. The summed E-state index contributed by atoms with van der Waals surface area (Å²) >= 11 is 0. The molecule has 2 nitrogen and oxygen atoms in total. The second-order valence-corrected chi connectivity index (χ2v) is 5.56. The molecular weight excluding hydrogens is 208 g/mol. The molecule has 2 bridgehead atoms. The number of nitrogens with zero attached hydrogens (tertiary/aromatic N) is 1. The van der Waals surface area contributed by atoms with Crippen LogP contribution in [0.1, 0.15) is 52.4 Å². The highest BCUT2D eigenvalue weighted by molar-refractivity contribution is 4.95. The Labute approximate surface area is 106 Å². The fourth-order valence-corrected chi connectivity index (χ4v) is 3.69. The summed E-state index contributed by atoms with van der Waals surface area (Å²) in [4.78, 5) is 2.80. The van der Waals surface area contributed by atoms with Crippen LogP contribution in [0.15, 0.2) is 12.2 Å². The molecule has 2 fully saturated rings. The van der Waals surface area contributed by atoms with Gasteiger partial charge < -0.3 is 5.32 Å². The zero-order valence-electron chi connectivity index (χ0n) is 11.5. The maximum absolute atomic E-state index is 3.66. The Morgan fingerprint density at radius 3 is 2.53 bits per heavy atom. The Bertz CT molecular complexity index is 235. The summed E-state index contributed by atoms with van der Waals surface area (Å²) in [5, 5.41) is 3.66. The molecule has 0 saturated carbocycles. The first-order valence-corrected chi connectivity index (χ1v) is 7.45. The molecule has 0 radical (unpaired) electrons. The molecule has 17 heavy (non-hydrogen) atoms. The zero-order chi connectivity index (χ0) is 12.1. The second kappa shape index (κ2) is 6.55. The minimum atomic E-state index is 0.785. The second-order valence-electron chi connectivity index (χ2n) is 5.56. The van der Waals surface area contributed by atoms with Gasteiger partial charge in [0.1, 0.15) is 0 Å². The molecule has 0 spiro atoms. The molecule has 0 aromatic carbocycles. The zero-order valence-corrected chi connectivity index (χ0v) is 11.5. The number of allylic oxidation sites excluding steroid dienone is 1. The van der Waals surface area contributed by atoms with Crippen LogP contribution in [0.3, 0.4) is 0 Å². The largest absolute Gasteiger partial charge is 0.314 e. The van der Waals surface area contributed by atoms with Crippen molar-refractivity contribution in [1.82, 2.24) is 10.2 Å². The third-order valence-corrected chi connectivity index (χ3v) is 4.41. The van der Waals surface area contributed by atoms with Gasteiger partial charge in [-0.25, -0.2) is 0 Å². The molecule has 2 aliphatic heterocycles. The molecular formula is C15H28N2. The number of rotatable bonds is 5. The predicted octanol–water partition coefficient (Wildman–Crippen LogP) is 2.95. The van der Waals surface area contributed by atoms with Crippen molar-refractivity contribution in [2.45, 2.75) is 70.5 Å². The molecule has 2 unspecified atom stereocenters. The molecule has 2 aliphatic rings. The lowest BCUT2D eigenvalue weighted by Crippen LogP contribution is -2.56. The summed E-state index contributed by atoms with van der Waals surface area (Å²) in [6, 6.07) is 2.50. The van der Waals surface area contributed by atoms with Crippen LogP contribution in [0.25, 0.3) is 0 Å². The van der Waals surface area contributed by atoms with Gasteiger partial charge in [-0.15, -0.1) is 0 Å². The quantitative estimate of drug-likeness (QED) is 0.738. The lowest BCUT2D eigenvalue weighted by atomic mass is 9.81. The maximum Gasteiger partial charge on any atom is 0.0113 e. The van der Waals surface area contributed by atoms with Gasteiger partial charge in [0.25, 0.3) is 0 Å². The molecule has 2 saturated heterocycles. The number of piperidine rings is 2. The Morgan fingerprint density at radius 1 is 1.24 bits per heavy atom. The van der Waals surface area contributed by atoms with E-state index >= 15 is 0 Å². The van der Waals surface area contributed by atoms with Crippen molar-refractivity contribution in [3.05, 3.63) is 12.2 Å². The molecule has 1 N–H and O–H groups in total. The van der Waals surface area contributed by atoms with E-state index in [4.69, 9.17) is 0 Å². The lowest BCUT2D eigenvalue weighted by Gasteiger charge is -2.49. The number of hydrogen-bond donors (Lipinski definition) is 1. The van der Waals surface area contributed by atoms with Gasteiger partial charge in [-0.3, -0.25) is 4.90 Å². The summed E-state index contributed by atoms with van der Waals surface area (Å²) in [7, 11) is 0. The normalized spacial score (nSPS) is 34.4. The average molecular weight is 236 g/mol. The van der Waals surface area contributed by atoms with Crippen molar-refractivity contribution >= 4 is 0 Å². The van der Waals surface area contributed by atoms with Gasteiger partial charge in [-0.2, -0.15) is 0 Å². The minimum absolute atomic E-state index is 0.785. The highest BCUT2D eigenvalue weighted by Gasteiger charge is 2.37. The lowest BCUT2D eigenvalue weighted by molar-refractivity contribution is 0.0265. The molecule has 0 aromatic heterocycles. The van der Waals surface area contributed by atoms with Gasteiger partial charge in [0, 0.05) is 24.7 Å². The average Bonchev–Trinajstić information content (AvgIpc) is 2.30. The first kappa shape index (κ1) is 13.1. The van der Waals surface area contributed by atoms with Crippen LogP contribution < -0.4 is 5.32 Å². The van der Waals surface area contributed by atoms with Gasteiger partial charge in [0.2, 0.25) is 0 Å². The van der Waals surface area contributed by atoms with Gasteiger partial charge in [-0.1, -0.05) is 25.5 Å². The minimum Gasteiger partial charge on any atom is -0.314 e. The molecule has 2 heteroatoms. The Hall–Kier alpha value is -0.340. The van der Waals surface area contributed by atoms with Crippen LogP contribution in [-0.4, -0.2) is 36.1 Å². The molecule has 2 rings (SSSR count). The van der Waals surface area contributed by atoms with Crippen LogP contribution in [-0.2, 0) is 0 Å². The molecule has 0 aromatic rings. The molecule has 2 heterocycles. The van der Waals surface area contributed by atoms with E-state index < -0.39 is 0 Å². The SMILES string of the molecule is C/C=C/CCN1C2CCCC1CC(NCC)C2. The molecule has 0 amide bonds. The highest BCUT2D eigenvalue weighted by Crippen LogP contribution is 2.34. The number of nitrogens with one attached hydrogen (secondary N) is 1. The Kier molecular flexibility index (Phi) is 5.05. The fourth-order valence-electron chi connectivity index (χ4n) is 3.69. The fraction of sp³-hybridized carbons (Fsp3) is 0.867. The highest BCUT2D eigenvalue weighted by atomic mass is 15.2. The van der Waals surface area contributed by atoms with Crippen molar-refractivity contribution in [3.8, 4) is 0 Å². The number of fused-ring (bicyclic) bond motifs is 2. The third kappa shape index (κ3) is 3.32. The monoisotopic (exact) mass is 236 g/mol. The van der Waals surface area contributed by atoms with E-state index in [1.807, 2.05) is 0 Å². The molecule has 2 atom stereocenters. The molecule has 0 aliphatic carbocycles. The topological polar surface area (TPSA) is 15.3 Å². The van der Waals surface area contributed by atoms with Crippen molar-refractivity contribution in [3.63, 3.8) is 0 Å². The molecule has 98 valence electrons. The van der Waals surface area contributed by atoms with Crippen LogP contribution in [0, 0.1) is 0 Å². The number of hydrogen-bond acceptors (Lipinski definition) is 2. The smallest absolute Gasteiger partial charge is 0.0113 e. The van der Waals surface area contributed by atoms with Crippen molar-refractivity contribution in [2.75, 3.05) is 13.1 Å². The Balaban J connectivity index is 1.90. The first-order chi connectivity index (χ1) is 8.35. The predicted molar refractivity (Wildman–Crippen MR) is 74.3 cm³/mol. The van der Waals surface area contributed by atoms with E-state index in [1.165, 1.54) is 45.1 Å². The van der Waals surface area contributed by atoms with E-state index in [9.17, 15) is 0 Å². The van der Waals surface area contributed by atoms with Crippen molar-refractivity contribution in [2.24, 2.45) is 0 Å². The maximum atomic E-state index is 3.66. The summed E-state index contributed by atoms with van der Waals surface area (Å²) in [5.41, 5.74) is 0. The van der Waals surface area contributed by atoms with Crippen molar-refractivity contribution < 1.29 is 0 Å². The van der Waals surface area contributed by atoms with Crippen LogP contribution in [0.2, 0.25) is 0 Å². The van der Waals surface area contributed by atoms with Crippen LogP contribution in [0.4, 0.5) is 0 Å². The van der Waals surface area contributed by atoms with Gasteiger partial charge >= 0.3 is 0 Å². The summed E-state index contributed by atoms with van der Waals surface area (Å²) in [6.07, 6.45) is 12.8. The van der Waals surface area contributed by atoms with Crippen LogP contribution in [0.5, 0.6) is 0 Å². The van der Waals surface area contributed by atoms with E-state index in [0.29, 0.717) is 0 Å². The van der Waals surface area contributed by atoms with E-state index in [0.717, 1.165) is 24.7 Å². The van der Waals surface area contributed by atoms with Gasteiger partial charge in [0.15, 0.2) is 0 Å². The summed E-state index contributed by atoms with van der Waals surface area (Å²) < 4.78 is 0. The van der Waals surface area contributed by atoms with E-state index in [-0.39, 0.29) is 0 Å². The van der Waals surface area contributed by atoms with Crippen molar-refractivity contribution in [1.29, 1.82) is 0 Å². The summed E-state index contributed by atoms with van der Waals surface area (Å²) in [6.45, 7) is 6.76. The Morgan fingerprint density at radius 2 is 1.94 bits per heavy atom. The van der Waals surface area contributed by atoms with E-state index in [1.54, 1.807) is 0 Å². The summed E-state index contributed by atoms with van der Waals surface area (Å²) in [5.74, 6) is 0. The standard InChI is InChI=1S/C15H28N2/c1-3-5-6-10-17-14-8-7-9-15(17)12-13(11-14)16-4-2/h3,5,13-16H,4,6-12H2,1-2H3/b5-3+. The van der Waals surface area contributed by atoms with Gasteiger partial charge in [0.05, 0.1) is 0 Å².